The molecule has 2 unspecified atom stereocenters. The van der Waals surface area contributed by atoms with Gasteiger partial charge in [0.15, 0.2) is 0 Å². The molecule has 9 heteroatoms. The van der Waals surface area contributed by atoms with Gasteiger partial charge >= 0.3 is 12.0 Å². The molecule has 1 aromatic heterocycles. The maximum atomic E-state index is 11.8. The first kappa shape index (κ1) is 11.7. The predicted octanol–water partition coefficient (Wildman–Crippen LogP) is -0.410. The van der Waals surface area contributed by atoms with Gasteiger partial charge in [0.1, 0.15) is 11.0 Å². The number of anilines is 1. The Morgan fingerprint density at radius 3 is 2.94 bits per heavy atom. The van der Waals surface area contributed by atoms with E-state index in [0.717, 1.165) is 16.4 Å². The van der Waals surface area contributed by atoms with Crippen LogP contribution in [-0.2, 0) is 4.79 Å². The second kappa shape index (κ2) is 4.63. The molecule has 92 valence electrons. The van der Waals surface area contributed by atoms with E-state index in [1.807, 2.05) is 0 Å². The van der Waals surface area contributed by atoms with Crippen molar-refractivity contribution < 1.29 is 19.8 Å². The molecule has 8 nitrogen and oxygen atoms in total. The minimum absolute atomic E-state index is 0.00896. The number of nitrogens with zero attached hydrogens (tertiary/aromatic N) is 3. The summed E-state index contributed by atoms with van der Waals surface area (Å²) in [5, 5.41) is 24.8. The fraction of sp³-hybridized carbons (Fsp3) is 0.500. The molecule has 1 fully saturated rings. The third-order valence-corrected chi connectivity index (χ3v) is 3.00. The summed E-state index contributed by atoms with van der Waals surface area (Å²) in [5.41, 5.74) is 0. The fourth-order valence-corrected chi connectivity index (χ4v) is 2.08. The van der Waals surface area contributed by atoms with Crippen molar-refractivity contribution in [3.05, 3.63) is 6.20 Å². The van der Waals surface area contributed by atoms with Gasteiger partial charge in [0, 0.05) is 24.5 Å². The van der Waals surface area contributed by atoms with E-state index >= 15 is 0 Å². The van der Waals surface area contributed by atoms with Gasteiger partial charge in [-0.2, -0.15) is 0 Å². The number of urea groups is 1. The first-order chi connectivity index (χ1) is 8.08. The SMILES string of the molecule is O=C(O)C1CC(O)CN1C(=O)Nc1cnns1. The maximum Gasteiger partial charge on any atom is 0.326 e. The number of amides is 2. The first-order valence-electron chi connectivity index (χ1n) is 4.84. The van der Waals surface area contributed by atoms with Crippen LogP contribution in [0.25, 0.3) is 0 Å². The Kier molecular flexibility index (Phi) is 3.20. The Morgan fingerprint density at radius 2 is 2.35 bits per heavy atom. The summed E-state index contributed by atoms with van der Waals surface area (Å²) in [6.45, 7) is 0.00896. The highest BCUT2D eigenvalue weighted by Gasteiger charge is 2.39. The van der Waals surface area contributed by atoms with Crippen LogP contribution in [0.3, 0.4) is 0 Å². The van der Waals surface area contributed by atoms with Crippen molar-refractivity contribution in [3.8, 4) is 0 Å². The van der Waals surface area contributed by atoms with Crippen LogP contribution in [0.4, 0.5) is 9.80 Å². The molecule has 0 saturated carbocycles. The molecular weight excluding hydrogens is 248 g/mol. The molecule has 2 rings (SSSR count). The molecule has 2 amide bonds. The number of rotatable bonds is 2. The number of β-amino-alcohol motifs (C(OH)–C–C–N with tert-alkyl or cyclic N) is 1. The molecule has 1 aromatic rings. The lowest BCUT2D eigenvalue weighted by Crippen LogP contribution is -2.42. The number of carbonyl (C=O) groups is 2. The van der Waals surface area contributed by atoms with E-state index in [0.29, 0.717) is 5.00 Å². The van der Waals surface area contributed by atoms with E-state index in [1.165, 1.54) is 6.20 Å². The molecule has 2 heterocycles. The van der Waals surface area contributed by atoms with E-state index < -0.39 is 24.1 Å². The number of aliphatic hydroxyl groups is 1. The largest absolute Gasteiger partial charge is 0.480 e. The normalized spacial score (nSPS) is 23.7. The highest BCUT2D eigenvalue weighted by atomic mass is 32.1. The van der Waals surface area contributed by atoms with Crippen molar-refractivity contribution in [2.75, 3.05) is 11.9 Å². The highest BCUT2D eigenvalue weighted by molar-refractivity contribution is 7.10. The number of carboxylic acids is 1. The maximum absolute atomic E-state index is 11.8. The smallest absolute Gasteiger partial charge is 0.326 e. The topological polar surface area (TPSA) is 116 Å². The van der Waals surface area contributed by atoms with Gasteiger partial charge in [0.25, 0.3) is 0 Å². The Morgan fingerprint density at radius 1 is 1.59 bits per heavy atom. The number of hydrogen-bond acceptors (Lipinski definition) is 6. The van der Waals surface area contributed by atoms with Crippen molar-refractivity contribution >= 4 is 28.5 Å². The number of aliphatic carboxylic acids is 1. The lowest BCUT2D eigenvalue weighted by molar-refractivity contribution is -0.141. The monoisotopic (exact) mass is 258 g/mol. The van der Waals surface area contributed by atoms with Crippen molar-refractivity contribution in [1.82, 2.24) is 14.5 Å². The lowest BCUT2D eigenvalue weighted by Gasteiger charge is -2.20. The van der Waals surface area contributed by atoms with Crippen LogP contribution in [0.5, 0.6) is 0 Å². The second-order valence-corrected chi connectivity index (χ2v) is 4.39. The molecule has 1 saturated heterocycles. The summed E-state index contributed by atoms with van der Waals surface area (Å²) in [4.78, 5) is 23.8. The molecule has 17 heavy (non-hydrogen) atoms. The van der Waals surface area contributed by atoms with Crippen LogP contribution in [0.15, 0.2) is 6.20 Å². The summed E-state index contributed by atoms with van der Waals surface area (Å²) < 4.78 is 3.56. The Bertz CT molecular complexity index is 423. The Hall–Kier alpha value is -1.74. The Balaban J connectivity index is 2.05. The van der Waals surface area contributed by atoms with Crippen LogP contribution in [0, 0.1) is 0 Å². The molecule has 0 radical (unpaired) electrons. The summed E-state index contributed by atoms with van der Waals surface area (Å²) in [5.74, 6) is -1.13. The average Bonchev–Trinajstić information content (AvgIpc) is 2.86. The molecule has 0 spiro atoms. The van der Waals surface area contributed by atoms with Crippen molar-refractivity contribution in [3.63, 3.8) is 0 Å². The lowest BCUT2D eigenvalue weighted by atomic mass is 10.2. The van der Waals surface area contributed by atoms with Crippen LogP contribution < -0.4 is 5.32 Å². The average molecular weight is 258 g/mol. The van der Waals surface area contributed by atoms with Gasteiger partial charge in [-0.3, -0.25) is 5.32 Å². The molecule has 0 aromatic carbocycles. The van der Waals surface area contributed by atoms with E-state index in [2.05, 4.69) is 14.9 Å². The molecule has 0 bridgehead atoms. The molecule has 1 aliphatic rings. The summed E-state index contributed by atoms with van der Waals surface area (Å²) in [6, 6.07) is -1.56. The third-order valence-electron chi connectivity index (χ3n) is 2.42. The van der Waals surface area contributed by atoms with Crippen molar-refractivity contribution in [2.45, 2.75) is 18.6 Å². The van der Waals surface area contributed by atoms with Crippen LogP contribution in [0.2, 0.25) is 0 Å². The van der Waals surface area contributed by atoms with E-state index in [1.54, 1.807) is 0 Å². The van der Waals surface area contributed by atoms with Gasteiger partial charge in [-0.25, -0.2) is 9.59 Å². The zero-order valence-corrected chi connectivity index (χ0v) is 9.42. The summed E-state index contributed by atoms with van der Waals surface area (Å²) in [6.07, 6.45) is 0.607. The van der Waals surface area contributed by atoms with E-state index in [9.17, 15) is 14.7 Å². The molecule has 2 atom stereocenters. The number of hydrogen-bond donors (Lipinski definition) is 3. The van der Waals surface area contributed by atoms with Gasteiger partial charge in [0.2, 0.25) is 0 Å². The standard InChI is InChI=1S/C8H10N4O4S/c13-4-1-5(7(14)15)12(3-4)8(16)10-6-2-9-11-17-6/h2,4-5,13H,1,3H2,(H,10,16)(H,14,15). The minimum Gasteiger partial charge on any atom is -0.480 e. The van der Waals surface area contributed by atoms with Gasteiger partial charge in [-0.15, -0.1) is 5.10 Å². The van der Waals surface area contributed by atoms with Gasteiger partial charge in [0.05, 0.1) is 12.3 Å². The van der Waals surface area contributed by atoms with Gasteiger partial charge in [-0.1, -0.05) is 4.49 Å². The minimum atomic E-state index is -1.13. The van der Waals surface area contributed by atoms with E-state index in [4.69, 9.17) is 5.11 Å². The molecule has 0 aliphatic carbocycles. The Labute approximate surface area is 100 Å². The van der Waals surface area contributed by atoms with Crippen molar-refractivity contribution in [2.24, 2.45) is 0 Å². The van der Waals surface area contributed by atoms with Gasteiger partial charge < -0.3 is 15.1 Å². The number of aliphatic hydroxyl groups excluding tert-OH is 1. The number of carbonyl (C=O) groups excluding carboxylic acids is 1. The second-order valence-electron chi connectivity index (χ2n) is 3.61. The summed E-state index contributed by atoms with van der Waals surface area (Å²) >= 11 is 0.991. The zero-order valence-electron chi connectivity index (χ0n) is 8.61. The van der Waals surface area contributed by atoms with Crippen LogP contribution in [-0.4, -0.2) is 55.4 Å². The molecule has 1 aliphatic heterocycles. The van der Waals surface area contributed by atoms with Crippen molar-refractivity contribution in [1.29, 1.82) is 0 Å². The number of carboxylic acid groups (broad SMARTS) is 1. The zero-order chi connectivity index (χ0) is 12.4. The highest BCUT2D eigenvalue weighted by Crippen LogP contribution is 2.20. The first-order valence-corrected chi connectivity index (χ1v) is 5.61. The van der Waals surface area contributed by atoms with Crippen LogP contribution in [0.1, 0.15) is 6.42 Å². The van der Waals surface area contributed by atoms with Crippen LogP contribution >= 0.6 is 11.5 Å². The molecular formula is C8H10N4O4S. The number of likely N-dealkylation sites (tertiary alicyclic amines) is 1. The van der Waals surface area contributed by atoms with E-state index in [-0.39, 0.29) is 13.0 Å². The third kappa shape index (κ3) is 2.50. The van der Waals surface area contributed by atoms with Gasteiger partial charge in [-0.05, 0) is 0 Å². The predicted molar refractivity (Wildman–Crippen MR) is 57.7 cm³/mol. The number of aromatic nitrogens is 2. The number of nitrogens with one attached hydrogen (secondary N) is 1. The summed E-state index contributed by atoms with van der Waals surface area (Å²) in [7, 11) is 0. The quantitative estimate of drug-likeness (QED) is 0.664. The fourth-order valence-electron chi connectivity index (χ4n) is 1.67. The molecule has 3 N–H and O–H groups in total.